The fraction of sp³-hybridized carbons (Fsp3) is 0.792. The number of carbonyl (C=O) groups is 2. The molecule has 1 aromatic rings. The van der Waals surface area contributed by atoms with Gasteiger partial charge in [-0.15, -0.1) is 11.3 Å². The van der Waals surface area contributed by atoms with Crippen LogP contribution in [0.3, 0.4) is 0 Å². The van der Waals surface area contributed by atoms with Crippen molar-refractivity contribution in [3.05, 3.63) is 11.1 Å². The van der Waals surface area contributed by atoms with Crippen molar-refractivity contribution in [1.29, 1.82) is 0 Å². The number of hydrogen-bond donors (Lipinski definition) is 1. The lowest BCUT2D eigenvalue weighted by Gasteiger charge is -2.37. The van der Waals surface area contributed by atoms with Crippen molar-refractivity contribution < 1.29 is 23.8 Å². The summed E-state index contributed by atoms with van der Waals surface area (Å²) in [5.41, 5.74) is -1.00. The van der Waals surface area contributed by atoms with Crippen molar-refractivity contribution in [3.63, 3.8) is 0 Å². The van der Waals surface area contributed by atoms with E-state index in [9.17, 15) is 9.59 Å². The average Bonchev–Trinajstić information content (AvgIpc) is 3.14. The van der Waals surface area contributed by atoms with E-state index in [0.717, 1.165) is 50.2 Å². The van der Waals surface area contributed by atoms with Gasteiger partial charge >= 0.3 is 12.2 Å². The lowest BCUT2D eigenvalue weighted by molar-refractivity contribution is -0.0668. The number of rotatable bonds is 5. The summed E-state index contributed by atoms with van der Waals surface area (Å²) in [6.07, 6.45) is 5.27. The maximum atomic E-state index is 12.2. The summed E-state index contributed by atoms with van der Waals surface area (Å²) in [7, 11) is 0. The van der Waals surface area contributed by atoms with Crippen LogP contribution in [-0.4, -0.2) is 76.6 Å². The Morgan fingerprint density at radius 1 is 0.971 bits per heavy atom. The summed E-state index contributed by atoms with van der Waals surface area (Å²) in [6, 6.07) is 0. The number of piperidine rings is 2. The molecule has 3 heterocycles. The first-order valence-corrected chi connectivity index (χ1v) is 13.0. The minimum Gasteiger partial charge on any atom is -0.444 e. The zero-order valence-electron chi connectivity index (χ0n) is 21.4. The lowest BCUT2D eigenvalue weighted by atomic mass is 10.0. The number of hydrogen-bond acceptors (Lipinski definition) is 8. The number of carbonyl (C=O) groups excluding carboxylic acids is 2. The second-order valence-corrected chi connectivity index (χ2v) is 12.2. The van der Waals surface area contributed by atoms with Crippen molar-refractivity contribution >= 4 is 28.7 Å². The molecule has 2 amide bonds. The van der Waals surface area contributed by atoms with Gasteiger partial charge in [0.15, 0.2) is 5.13 Å². The standard InChI is InChI=1S/C24H40N4O5S/c1-23(2,3)32-21(29)26-20-25-15-19(34-20)16-27-11-7-17(8-12-27)31-18-9-13-28(14-10-18)22(30)33-24(4,5)6/h15,17-18H,7-14,16H2,1-6H3,(H,25,26,29). The maximum Gasteiger partial charge on any atom is 0.413 e. The Kier molecular flexibility index (Phi) is 8.81. The van der Waals surface area contributed by atoms with Crippen molar-refractivity contribution in [2.24, 2.45) is 0 Å². The number of ether oxygens (including phenoxy) is 3. The molecule has 10 heteroatoms. The fourth-order valence-corrected chi connectivity index (χ4v) is 4.87. The number of thiazole rings is 1. The molecule has 2 aliphatic rings. The molecular weight excluding hydrogens is 456 g/mol. The smallest absolute Gasteiger partial charge is 0.413 e. The minimum absolute atomic E-state index is 0.207. The second-order valence-electron chi connectivity index (χ2n) is 11.0. The fourth-order valence-electron chi connectivity index (χ4n) is 4.03. The third-order valence-corrected chi connectivity index (χ3v) is 6.45. The summed E-state index contributed by atoms with van der Waals surface area (Å²) in [6.45, 7) is 15.3. The molecule has 3 rings (SSSR count). The highest BCUT2D eigenvalue weighted by molar-refractivity contribution is 7.15. The number of nitrogens with zero attached hydrogens (tertiary/aromatic N) is 3. The molecule has 0 saturated carbocycles. The van der Waals surface area contributed by atoms with E-state index in [0.29, 0.717) is 18.2 Å². The zero-order valence-corrected chi connectivity index (χ0v) is 22.2. The molecule has 0 radical (unpaired) electrons. The summed E-state index contributed by atoms with van der Waals surface area (Å²) in [4.78, 5) is 33.7. The van der Waals surface area contributed by atoms with E-state index >= 15 is 0 Å². The topological polar surface area (TPSA) is 93.2 Å². The Morgan fingerprint density at radius 2 is 1.53 bits per heavy atom. The predicted octanol–water partition coefficient (Wildman–Crippen LogP) is 4.87. The third-order valence-electron chi connectivity index (χ3n) is 5.55. The summed E-state index contributed by atoms with van der Waals surface area (Å²) < 4.78 is 17.1. The first-order valence-electron chi connectivity index (χ1n) is 12.2. The van der Waals surface area contributed by atoms with E-state index in [1.165, 1.54) is 11.3 Å². The highest BCUT2D eigenvalue weighted by Crippen LogP contribution is 2.25. The Labute approximate surface area is 207 Å². The Balaban J connectivity index is 1.34. The van der Waals surface area contributed by atoms with Crippen LogP contribution >= 0.6 is 11.3 Å². The molecule has 0 atom stereocenters. The molecule has 2 fully saturated rings. The van der Waals surface area contributed by atoms with Gasteiger partial charge in [-0.3, -0.25) is 10.2 Å². The summed E-state index contributed by atoms with van der Waals surface area (Å²) in [5.74, 6) is 0. The molecule has 2 saturated heterocycles. The number of aromatic nitrogens is 1. The molecule has 34 heavy (non-hydrogen) atoms. The van der Waals surface area contributed by atoms with Gasteiger partial charge in [0.2, 0.25) is 0 Å². The number of anilines is 1. The van der Waals surface area contributed by atoms with Gasteiger partial charge in [0.1, 0.15) is 11.2 Å². The molecule has 192 valence electrons. The van der Waals surface area contributed by atoms with Crippen LogP contribution in [0.1, 0.15) is 72.1 Å². The molecule has 1 aromatic heterocycles. The first kappa shape index (κ1) is 26.7. The summed E-state index contributed by atoms with van der Waals surface area (Å²) in [5, 5.41) is 3.26. The number of nitrogens with one attached hydrogen (secondary N) is 1. The van der Waals surface area contributed by atoms with E-state index in [2.05, 4.69) is 15.2 Å². The van der Waals surface area contributed by atoms with Crippen LogP contribution in [0.2, 0.25) is 0 Å². The van der Waals surface area contributed by atoms with Crippen LogP contribution in [0.5, 0.6) is 0 Å². The number of likely N-dealkylation sites (tertiary alicyclic amines) is 2. The van der Waals surface area contributed by atoms with Gasteiger partial charge in [0.05, 0.1) is 12.2 Å². The average molecular weight is 497 g/mol. The Morgan fingerprint density at radius 3 is 2.09 bits per heavy atom. The first-order chi connectivity index (χ1) is 15.9. The summed E-state index contributed by atoms with van der Waals surface area (Å²) >= 11 is 1.48. The SMILES string of the molecule is CC(C)(C)OC(=O)Nc1ncc(CN2CCC(OC3CCN(C(=O)OC(C)(C)C)CC3)CC2)s1. The normalized spacial score (nSPS) is 19.2. The van der Waals surface area contributed by atoms with E-state index in [1.54, 1.807) is 4.90 Å². The van der Waals surface area contributed by atoms with E-state index < -0.39 is 17.3 Å². The molecule has 0 aliphatic carbocycles. The van der Waals surface area contributed by atoms with Gasteiger partial charge in [-0.05, 0) is 67.2 Å². The van der Waals surface area contributed by atoms with Gasteiger partial charge < -0.3 is 19.1 Å². The van der Waals surface area contributed by atoms with Crippen molar-refractivity contribution in [2.75, 3.05) is 31.5 Å². The predicted molar refractivity (Wildman–Crippen MR) is 132 cm³/mol. The molecule has 0 spiro atoms. The van der Waals surface area contributed by atoms with E-state index in [-0.39, 0.29) is 18.3 Å². The second kappa shape index (κ2) is 11.2. The van der Waals surface area contributed by atoms with Crippen LogP contribution in [0.15, 0.2) is 6.20 Å². The third kappa shape index (κ3) is 9.03. The molecule has 1 N–H and O–H groups in total. The monoisotopic (exact) mass is 496 g/mol. The quantitative estimate of drug-likeness (QED) is 0.621. The molecule has 0 unspecified atom stereocenters. The van der Waals surface area contributed by atoms with E-state index in [1.807, 2.05) is 47.7 Å². The van der Waals surface area contributed by atoms with Gasteiger partial charge in [0, 0.05) is 43.8 Å². The Hall–Kier alpha value is -1.91. The molecule has 2 aliphatic heterocycles. The number of amides is 2. The maximum absolute atomic E-state index is 12.2. The van der Waals surface area contributed by atoms with Crippen LogP contribution in [0.4, 0.5) is 14.7 Å². The van der Waals surface area contributed by atoms with Gasteiger partial charge in [-0.2, -0.15) is 0 Å². The van der Waals surface area contributed by atoms with Crippen LogP contribution in [0, 0.1) is 0 Å². The lowest BCUT2D eigenvalue weighted by Crippen LogP contribution is -2.45. The van der Waals surface area contributed by atoms with Crippen LogP contribution in [0.25, 0.3) is 0 Å². The highest BCUT2D eigenvalue weighted by Gasteiger charge is 2.29. The zero-order chi connectivity index (χ0) is 24.9. The molecule has 0 aromatic carbocycles. The largest absolute Gasteiger partial charge is 0.444 e. The van der Waals surface area contributed by atoms with E-state index in [4.69, 9.17) is 14.2 Å². The van der Waals surface area contributed by atoms with Crippen molar-refractivity contribution in [1.82, 2.24) is 14.8 Å². The minimum atomic E-state index is -0.536. The van der Waals surface area contributed by atoms with Gasteiger partial charge in [0.25, 0.3) is 0 Å². The van der Waals surface area contributed by atoms with Gasteiger partial charge in [-0.25, -0.2) is 14.6 Å². The van der Waals surface area contributed by atoms with Crippen molar-refractivity contribution in [3.8, 4) is 0 Å². The van der Waals surface area contributed by atoms with Gasteiger partial charge in [-0.1, -0.05) is 0 Å². The molecule has 0 bridgehead atoms. The highest BCUT2D eigenvalue weighted by atomic mass is 32.1. The Bertz CT molecular complexity index is 816. The molecular formula is C24H40N4O5S. The van der Waals surface area contributed by atoms with Crippen LogP contribution < -0.4 is 5.32 Å². The van der Waals surface area contributed by atoms with Crippen molar-refractivity contribution in [2.45, 2.75) is 97.2 Å². The van der Waals surface area contributed by atoms with Crippen LogP contribution in [-0.2, 0) is 20.8 Å². The molecule has 9 nitrogen and oxygen atoms in total.